The molecule has 0 spiro atoms. The van der Waals surface area contributed by atoms with Crippen LogP contribution in [0.5, 0.6) is 0 Å². The Kier molecular flexibility index (Phi) is 4.02. The molecule has 3 aromatic rings. The van der Waals surface area contributed by atoms with Gasteiger partial charge in [0.25, 0.3) is 0 Å². The molecule has 0 atom stereocenters. The first-order valence-electron chi connectivity index (χ1n) is 6.79. The van der Waals surface area contributed by atoms with Crippen LogP contribution in [0.4, 0.5) is 0 Å². The van der Waals surface area contributed by atoms with Crippen molar-refractivity contribution in [2.24, 2.45) is 0 Å². The predicted octanol–water partition coefficient (Wildman–Crippen LogP) is 4.28. The van der Waals surface area contributed by atoms with Crippen molar-refractivity contribution in [3.63, 3.8) is 0 Å². The number of pyridine rings is 1. The maximum absolute atomic E-state index is 12.5. The third kappa shape index (κ3) is 3.20. The minimum Gasteiger partial charge on any atom is -0.252 e. The summed E-state index contributed by atoms with van der Waals surface area (Å²) in [6.45, 7) is 1.88. The number of aryl methyl sites for hydroxylation is 1. The Morgan fingerprint density at radius 3 is 2.64 bits per heavy atom. The molecule has 112 valence electrons. The van der Waals surface area contributed by atoms with Gasteiger partial charge in [-0.05, 0) is 48.9 Å². The van der Waals surface area contributed by atoms with Gasteiger partial charge in [0, 0.05) is 9.86 Å². The average Bonchev–Trinajstić information content (AvgIpc) is 2.47. The zero-order valence-corrected chi connectivity index (χ0v) is 14.4. The molecule has 0 saturated heterocycles. The van der Waals surface area contributed by atoms with Crippen LogP contribution in [0.25, 0.3) is 10.9 Å². The van der Waals surface area contributed by atoms with Crippen molar-refractivity contribution in [1.29, 1.82) is 0 Å². The highest BCUT2D eigenvalue weighted by Crippen LogP contribution is 2.21. The van der Waals surface area contributed by atoms with Crippen LogP contribution in [0.1, 0.15) is 11.3 Å². The Hall–Kier alpha value is -1.72. The summed E-state index contributed by atoms with van der Waals surface area (Å²) >= 11 is 3.41. The predicted molar refractivity (Wildman–Crippen MR) is 91.5 cm³/mol. The van der Waals surface area contributed by atoms with Crippen LogP contribution in [-0.2, 0) is 15.6 Å². The summed E-state index contributed by atoms with van der Waals surface area (Å²) in [6.07, 6.45) is 0. The van der Waals surface area contributed by atoms with E-state index >= 15 is 0 Å². The van der Waals surface area contributed by atoms with E-state index in [1.54, 1.807) is 24.3 Å². The molecule has 0 saturated carbocycles. The van der Waals surface area contributed by atoms with Crippen molar-refractivity contribution in [3.8, 4) is 0 Å². The third-order valence-electron chi connectivity index (χ3n) is 3.40. The van der Waals surface area contributed by atoms with Crippen LogP contribution in [0, 0.1) is 6.92 Å². The fraction of sp³-hybridized carbons (Fsp3) is 0.118. The minimum atomic E-state index is -3.38. The first kappa shape index (κ1) is 15.2. The molecular weight excluding hydrogens is 362 g/mol. The van der Waals surface area contributed by atoms with E-state index in [4.69, 9.17) is 0 Å². The molecule has 0 aliphatic carbocycles. The summed E-state index contributed by atoms with van der Waals surface area (Å²) in [7, 11) is -3.38. The second kappa shape index (κ2) is 5.82. The first-order valence-corrected chi connectivity index (χ1v) is 9.23. The zero-order valence-electron chi connectivity index (χ0n) is 12.0. The number of benzene rings is 2. The maximum Gasteiger partial charge on any atom is 0.184 e. The second-order valence-electron chi connectivity index (χ2n) is 5.22. The molecule has 0 bridgehead atoms. The Morgan fingerprint density at radius 2 is 1.86 bits per heavy atom. The average molecular weight is 376 g/mol. The summed E-state index contributed by atoms with van der Waals surface area (Å²) < 4.78 is 26.0. The normalized spacial score (nSPS) is 11.7. The van der Waals surface area contributed by atoms with Gasteiger partial charge < -0.3 is 0 Å². The van der Waals surface area contributed by atoms with Crippen molar-refractivity contribution in [2.45, 2.75) is 17.6 Å². The lowest BCUT2D eigenvalue weighted by molar-refractivity contribution is 0.594. The van der Waals surface area contributed by atoms with E-state index in [0.29, 0.717) is 10.6 Å². The summed E-state index contributed by atoms with van der Waals surface area (Å²) in [5.41, 5.74) is 2.27. The van der Waals surface area contributed by atoms with Crippen molar-refractivity contribution < 1.29 is 8.42 Å². The number of halogens is 1. The molecule has 0 N–H and O–H groups in total. The number of hydrogen-bond acceptors (Lipinski definition) is 3. The maximum atomic E-state index is 12.5. The van der Waals surface area contributed by atoms with Gasteiger partial charge in [-0.15, -0.1) is 0 Å². The number of sulfone groups is 1. The monoisotopic (exact) mass is 375 g/mol. The Morgan fingerprint density at radius 1 is 1.05 bits per heavy atom. The quantitative estimate of drug-likeness (QED) is 0.686. The smallest absolute Gasteiger partial charge is 0.184 e. The Bertz CT molecular complexity index is 952. The van der Waals surface area contributed by atoms with Crippen molar-refractivity contribution in [2.75, 3.05) is 0 Å². The van der Waals surface area contributed by atoms with Gasteiger partial charge in [0.2, 0.25) is 0 Å². The molecule has 1 aromatic heterocycles. The van der Waals surface area contributed by atoms with Gasteiger partial charge in [-0.25, -0.2) is 8.42 Å². The number of hydrogen-bond donors (Lipinski definition) is 0. The molecule has 1 heterocycles. The van der Waals surface area contributed by atoms with E-state index in [1.165, 1.54) is 0 Å². The van der Waals surface area contributed by atoms with E-state index in [9.17, 15) is 8.42 Å². The standard InChI is InChI=1S/C17H14BrNO2S/c1-12-3-2-4-16(9-12)22(20,21)11-15-7-5-13-10-14(18)6-8-17(13)19-15/h2-10H,11H2,1H3. The highest BCUT2D eigenvalue weighted by atomic mass is 79.9. The zero-order chi connectivity index (χ0) is 15.7. The third-order valence-corrected chi connectivity index (χ3v) is 5.54. The van der Waals surface area contributed by atoms with Crippen molar-refractivity contribution in [3.05, 3.63) is 70.3 Å². The van der Waals surface area contributed by atoms with Crippen LogP contribution in [0.3, 0.4) is 0 Å². The van der Waals surface area contributed by atoms with Gasteiger partial charge in [0.05, 0.1) is 21.9 Å². The molecule has 5 heteroatoms. The van der Waals surface area contributed by atoms with E-state index in [1.807, 2.05) is 37.3 Å². The molecule has 0 fully saturated rings. The second-order valence-corrected chi connectivity index (χ2v) is 8.12. The van der Waals surface area contributed by atoms with Crippen molar-refractivity contribution in [1.82, 2.24) is 4.98 Å². The lowest BCUT2D eigenvalue weighted by Crippen LogP contribution is -2.06. The molecule has 0 amide bonds. The molecule has 22 heavy (non-hydrogen) atoms. The van der Waals surface area contributed by atoms with Gasteiger partial charge >= 0.3 is 0 Å². The van der Waals surface area contributed by atoms with Gasteiger partial charge in [-0.1, -0.05) is 34.1 Å². The van der Waals surface area contributed by atoms with Crippen LogP contribution < -0.4 is 0 Å². The van der Waals surface area contributed by atoms with E-state index in [0.717, 1.165) is 20.9 Å². The summed E-state index contributed by atoms with van der Waals surface area (Å²) in [5, 5.41) is 0.978. The van der Waals surface area contributed by atoms with Gasteiger partial charge in [0.15, 0.2) is 9.84 Å². The minimum absolute atomic E-state index is 0.0948. The summed E-state index contributed by atoms with van der Waals surface area (Å²) in [6, 6.07) is 16.3. The van der Waals surface area contributed by atoms with E-state index in [-0.39, 0.29) is 5.75 Å². The summed E-state index contributed by atoms with van der Waals surface area (Å²) in [5.74, 6) is -0.0948. The fourth-order valence-corrected chi connectivity index (χ4v) is 4.05. The molecule has 0 aliphatic rings. The number of nitrogens with zero attached hydrogens (tertiary/aromatic N) is 1. The van der Waals surface area contributed by atoms with Gasteiger partial charge in [-0.2, -0.15) is 0 Å². The number of fused-ring (bicyclic) bond motifs is 1. The SMILES string of the molecule is Cc1cccc(S(=O)(=O)Cc2ccc3cc(Br)ccc3n2)c1. The van der Waals surface area contributed by atoms with E-state index < -0.39 is 9.84 Å². The molecule has 0 unspecified atom stereocenters. The van der Waals surface area contributed by atoms with Crippen LogP contribution in [-0.4, -0.2) is 13.4 Å². The molecule has 0 aliphatic heterocycles. The fourth-order valence-electron chi connectivity index (χ4n) is 2.31. The van der Waals surface area contributed by atoms with E-state index in [2.05, 4.69) is 20.9 Å². The van der Waals surface area contributed by atoms with Gasteiger partial charge in [-0.3, -0.25) is 4.98 Å². The highest BCUT2D eigenvalue weighted by molar-refractivity contribution is 9.10. The van der Waals surface area contributed by atoms with Gasteiger partial charge in [0.1, 0.15) is 0 Å². The largest absolute Gasteiger partial charge is 0.252 e. The molecule has 0 radical (unpaired) electrons. The topological polar surface area (TPSA) is 47.0 Å². The Labute approximate surface area is 138 Å². The lowest BCUT2D eigenvalue weighted by atomic mass is 10.2. The number of aromatic nitrogens is 1. The molecule has 3 nitrogen and oxygen atoms in total. The number of rotatable bonds is 3. The molecular formula is C17H14BrNO2S. The molecule has 2 aromatic carbocycles. The first-order chi connectivity index (χ1) is 10.4. The van der Waals surface area contributed by atoms with Crippen LogP contribution in [0.15, 0.2) is 64.0 Å². The van der Waals surface area contributed by atoms with Crippen LogP contribution >= 0.6 is 15.9 Å². The van der Waals surface area contributed by atoms with Crippen molar-refractivity contribution >= 4 is 36.7 Å². The Balaban J connectivity index is 1.97. The van der Waals surface area contributed by atoms with Crippen LogP contribution in [0.2, 0.25) is 0 Å². The summed E-state index contributed by atoms with van der Waals surface area (Å²) in [4.78, 5) is 4.79. The molecule has 3 rings (SSSR count). The lowest BCUT2D eigenvalue weighted by Gasteiger charge is -2.06. The highest BCUT2D eigenvalue weighted by Gasteiger charge is 2.16.